The summed E-state index contributed by atoms with van der Waals surface area (Å²) in [5, 5.41) is 11.9. The third kappa shape index (κ3) is 5.35. The Balaban J connectivity index is 2.11. The zero-order valence-electron chi connectivity index (χ0n) is 17.9. The summed E-state index contributed by atoms with van der Waals surface area (Å²) in [5.74, 6) is -1.96. The molecule has 1 N–H and O–H groups in total. The highest BCUT2D eigenvalue weighted by atomic mass is 19.1. The summed E-state index contributed by atoms with van der Waals surface area (Å²) in [7, 11) is 0. The van der Waals surface area contributed by atoms with E-state index in [1.54, 1.807) is 13.0 Å². The van der Waals surface area contributed by atoms with E-state index in [4.69, 9.17) is 4.74 Å². The minimum Gasteiger partial charge on any atom is -0.448 e. The Morgan fingerprint density at radius 1 is 1.30 bits per heavy atom. The van der Waals surface area contributed by atoms with Gasteiger partial charge in [0.1, 0.15) is 17.5 Å². The smallest absolute Gasteiger partial charge is 0.349 e. The van der Waals surface area contributed by atoms with Crippen LogP contribution in [0.4, 0.5) is 10.1 Å². The summed E-state index contributed by atoms with van der Waals surface area (Å²) >= 11 is 0. The second kappa shape index (κ2) is 9.88. The van der Waals surface area contributed by atoms with Crippen LogP contribution in [0.1, 0.15) is 42.8 Å². The maximum Gasteiger partial charge on any atom is 0.349 e. The van der Waals surface area contributed by atoms with Crippen LogP contribution >= 0.6 is 0 Å². The van der Waals surface area contributed by atoms with E-state index in [-0.39, 0.29) is 11.3 Å². The van der Waals surface area contributed by atoms with Crippen molar-refractivity contribution in [3.8, 4) is 6.07 Å². The molecule has 0 saturated heterocycles. The lowest BCUT2D eigenvalue weighted by Crippen LogP contribution is -2.30. The Morgan fingerprint density at radius 2 is 2.00 bits per heavy atom. The van der Waals surface area contributed by atoms with Crippen LogP contribution in [0.25, 0.3) is 6.08 Å². The molecule has 1 heterocycles. The first-order chi connectivity index (χ1) is 14.2. The number of ether oxygens (including phenoxy) is 1. The SMILES string of the molecule is CCCn1c(C)cc(/C=C(\C#N)C(=O)O[C@H](C)C(=O)Nc2ccc(C)c(F)c2)c1C. The van der Waals surface area contributed by atoms with Crippen molar-refractivity contribution < 1.29 is 18.7 Å². The van der Waals surface area contributed by atoms with Gasteiger partial charge in [-0.2, -0.15) is 5.26 Å². The largest absolute Gasteiger partial charge is 0.448 e. The van der Waals surface area contributed by atoms with E-state index < -0.39 is 23.8 Å². The van der Waals surface area contributed by atoms with Gasteiger partial charge >= 0.3 is 5.97 Å². The number of aromatic nitrogens is 1. The molecule has 1 aromatic carbocycles. The van der Waals surface area contributed by atoms with Crippen molar-refractivity contribution in [1.82, 2.24) is 4.57 Å². The van der Waals surface area contributed by atoms with Gasteiger partial charge in [0, 0.05) is 23.6 Å². The first kappa shape index (κ1) is 22.9. The van der Waals surface area contributed by atoms with Crippen LogP contribution < -0.4 is 5.32 Å². The molecule has 2 aromatic rings. The summed E-state index contributed by atoms with van der Waals surface area (Å²) < 4.78 is 20.9. The molecular weight excluding hydrogens is 385 g/mol. The Labute approximate surface area is 176 Å². The molecule has 0 fully saturated rings. The standard InChI is InChI=1S/C23H26FN3O3/c1-6-9-27-15(3)10-18(16(27)4)11-19(13-25)23(29)30-17(5)22(28)26-20-8-7-14(2)21(24)12-20/h7-8,10-12,17H,6,9H2,1-5H3,(H,26,28)/b19-11+/t17-/m1/s1. The van der Waals surface area contributed by atoms with Gasteiger partial charge in [-0.15, -0.1) is 0 Å². The number of rotatable bonds is 7. The van der Waals surface area contributed by atoms with Gasteiger partial charge in [-0.05, 0) is 69.5 Å². The van der Waals surface area contributed by atoms with Crippen molar-refractivity contribution in [3.05, 3.63) is 58.2 Å². The second-order valence-electron chi connectivity index (χ2n) is 7.15. The number of hydrogen-bond acceptors (Lipinski definition) is 4. The molecule has 0 saturated carbocycles. The number of halogens is 1. The quantitative estimate of drug-likeness (QED) is 0.415. The summed E-state index contributed by atoms with van der Waals surface area (Å²) in [4.78, 5) is 24.7. The molecule has 158 valence electrons. The fourth-order valence-corrected chi connectivity index (χ4v) is 3.03. The zero-order valence-corrected chi connectivity index (χ0v) is 17.9. The van der Waals surface area contributed by atoms with E-state index in [9.17, 15) is 19.2 Å². The van der Waals surface area contributed by atoms with E-state index in [1.807, 2.05) is 26.0 Å². The van der Waals surface area contributed by atoms with Gasteiger partial charge in [-0.25, -0.2) is 9.18 Å². The molecule has 7 heteroatoms. The van der Waals surface area contributed by atoms with Crippen LogP contribution in [-0.2, 0) is 20.9 Å². The lowest BCUT2D eigenvalue weighted by Gasteiger charge is -2.13. The number of nitrogens with zero attached hydrogens (tertiary/aromatic N) is 2. The number of esters is 1. The number of benzene rings is 1. The van der Waals surface area contributed by atoms with Crippen LogP contribution in [0.3, 0.4) is 0 Å². The summed E-state index contributed by atoms with van der Waals surface area (Å²) in [6, 6.07) is 8.02. The number of carbonyl (C=O) groups is 2. The maximum atomic E-state index is 13.6. The average Bonchev–Trinajstić information content (AvgIpc) is 2.96. The van der Waals surface area contributed by atoms with Gasteiger partial charge in [0.2, 0.25) is 0 Å². The van der Waals surface area contributed by atoms with Gasteiger partial charge in [0.15, 0.2) is 6.10 Å². The number of anilines is 1. The topological polar surface area (TPSA) is 84.1 Å². The minimum atomic E-state index is -1.16. The summed E-state index contributed by atoms with van der Waals surface area (Å²) in [5.41, 5.74) is 3.24. The molecule has 0 bridgehead atoms. The molecule has 0 aliphatic rings. The highest BCUT2D eigenvalue weighted by Crippen LogP contribution is 2.20. The Hall–Kier alpha value is -3.40. The van der Waals surface area contributed by atoms with E-state index in [1.165, 1.54) is 25.1 Å². The van der Waals surface area contributed by atoms with Crippen molar-refractivity contribution in [3.63, 3.8) is 0 Å². The number of hydrogen-bond donors (Lipinski definition) is 1. The Bertz CT molecular complexity index is 1030. The van der Waals surface area contributed by atoms with Gasteiger partial charge in [0.05, 0.1) is 0 Å². The van der Waals surface area contributed by atoms with Crippen molar-refractivity contribution in [2.75, 3.05) is 5.32 Å². The molecule has 6 nitrogen and oxygen atoms in total. The van der Waals surface area contributed by atoms with E-state index in [0.29, 0.717) is 5.56 Å². The van der Waals surface area contributed by atoms with Crippen LogP contribution in [-0.4, -0.2) is 22.5 Å². The van der Waals surface area contributed by atoms with Crippen molar-refractivity contribution in [2.24, 2.45) is 0 Å². The Morgan fingerprint density at radius 3 is 2.60 bits per heavy atom. The molecule has 0 aliphatic carbocycles. The summed E-state index contributed by atoms with van der Waals surface area (Å²) in [6.45, 7) is 9.80. The van der Waals surface area contributed by atoms with Crippen molar-refractivity contribution >= 4 is 23.6 Å². The lowest BCUT2D eigenvalue weighted by atomic mass is 10.1. The molecule has 0 radical (unpaired) electrons. The lowest BCUT2D eigenvalue weighted by molar-refractivity contribution is -0.148. The van der Waals surface area contributed by atoms with E-state index in [0.717, 1.165) is 29.9 Å². The molecule has 1 atom stereocenters. The van der Waals surface area contributed by atoms with Crippen LogP contribution in [0.2, 0.25) is 0 Å². The minimum absolute atomic E-state index is 0.201. The van der Waals surface area contributed by atoms with E-state index in [2.05, 4.69) is 16.8 Å². The molecular formula is C23H26FN3O3. The number of nitrogens with one attached hydrogen (secondary N) is 1. The van der Waals surface area contributed by atoms with Gasteiger partial charge < -0.3 is 14.6 Å². The van der Waals surface area contributed by atoms with Crippen LogP contribution in [0, 0.1) is 37.9 Å². The third-order valence-electron chi connectivity index (χ3n) is 4.79. The number of amides is 1. The number of carbonyl (C=O) groups excluding carboxylic acids is 2. The molecule has 30 heavy (non-hydrogen) atoms. The first-order valence-corrected chi connectivity index (χ1v) is 9.74. The van der Waals surface area contributed by atoms with Gasteiger partial charge in [-0.3, -0.25) is 4.79 Å². The average molecular weight is 411 g/mol. The van der Waals surface area contributed by atoms with Crippen molar-refractivity contribution in [1.29, 1.82) is 5.26 Å². The molecule has 1 amide bonds. The maximum absolute atomic E-state index is 13.6. The summed E-state index contributed by atoms with van der Waals surface area (Å²) in [6.07, 6.45) is 1.27. The fourth-order valence-electron chi connectivity index (χ4n) is 3.03. The second-order valence-corrected chi connectivity index (χ2v) is 7.15. The van der Waals surface area contributed by atoms with Crippen molar-refractivity contribution in [2.45, 2.75) is 53.7 Å². The van der Waals surface area contributed by atoms with Crippen LogP contribution in [0.5, 0.6) is 0 Å². The van der Waals surface area contributed by atoms with Gasteiger partial charge in [0.25, 0.3) is 5.91 Å². The molecule has 0 unspecified atom stereocenters. The molecule has 2 rings (SSSR count). The third-order valence-corrected chi connectivity index (χ3v) is 4.79. The first-order valence-electron chi connectivity index (χ1n) is 9.74. The number of nitriles is 1. The van der Waals surface area contributed by atoms with Gasteiger partial charge in [-0.1, -0.05) is 13.0 Å². The van der Waals surface area contributed by atoms with E-state index >= 15 is 0 Å². The molecule has 0 spiro atoms. The Kier molecular flexibility index (Phi) is 7.54. The fraction of sp³-hybridized carbons (Fsp3) is 0.348. The zero-order chi connectivity index (χ0) is 22.4. The monoisotopic (exact) mass is 411 g/mol. The predicted octanol–water partition coefficient (Wildman–Crippen LogP) is 4.44. The highest BCUT2D eigenvalue weighted by Gasteiger charge is 2.21. The highest BCUT2D eigenvalue weighted by molar-refractivity contribution is 6.01. The van der Waals surface area contributed by atoms with Crippen LogP contribution in [0.15, 0.2) is 29.8 Å². The molecule has 1 aromatic heterocycles. The normalized spacial score (nSPS) is 12.2. The number of aryl methyl sites for hydroxylation is 2. The molecule has 0 aliphatic heterocycles. The predicted molar refractivity (Wildman–Crippen MR) is 113 cm³/mol.